The zero-order valence-electron chi connectivity index (χ0n) is 12.9. The van der Waals surface area contributed by atoms with E-state index in [2.05, 4.69) is 0 Å². The SMILES string of the molecule is COc1ccc(C(=O)OCC(C)(C)C(=N)c2cccs2)cc1. The second-order valence-electron chi connectivity index (χ2n) is 5.54. The smallest absolute Gasteiger partial charge is 0.338 e. The Labute approximate surface area is 134 Å². The van der Waals surface area contributed by atoms with Gasteiger partial charge in [-0.15, -0.1) is 11.3 Å². The second-order valence-corrected chi connectivity index (χ2v) is 6.49. The summed E-state index contributed by atoms with van der Waals surface area (Å²) in [6.45, 7) is 3.96. The molecule has 0 aliphatic carbocycles. The molecule has 1 aromatic carbocycles. The summed E-state index contributed by atoms with van der Waals surface area (Å²) in [7, 11) is 1.58. The molecule has 0 aliphatic heterocycles. The van der Waals surface area contributed by atoms with E-state index in [4.69, 9.17) is 14.9 Å². The van der Waals surface area contributed by atoms with E-state index in [-0.39, 0.29) is 6.61 Å². The molecule has 0 amide bonds. The van der Waals surface area contributed by atoms with Crippen LogP contribution in [0.15, 0.2) is 41.8 Å². The molecule has 1 heterocycles. The maximum atomic E-state index is 12.1. The van der Waals surface area contributed by atoms with Gasteiger partial charge in [-0.2, -0.15) is 0 Å². The molecule has 0 radical (unpaired) electrons. The van der Waals surface area contributed by atoms with E-state index in [9.17, 15) is 4.79 Å². The average Bonchev–Trinajstić information content (AvgIpc) is 3.06. The number of methoxy groups -OCH3 is 1. The molecule has 116 valence electrons. The zero-order valence-corrected chi connectivity index (χ0v) is 13.7. The first kappa shape index (κ1) is 16.2. The van der Waals surface area contributed by atoms with Gasteiger partial charge in [0.2, 0.25) is 0 Å². The summed E-state index contributed by atoms with van der Waals surface area (Å²) < 4.78 is 10.4. The van der Waals surface area contributed by atoms with Gasteiger partial charge in [-0.3, -0.25) is 0 Å². The molecule has 0 bridgehead atoms. The normalized spacial score (nSPS) is 11.0. The lowest BCUT2D eigenvalue weighted by molar-refractivity contribution is 0.0418. The molecule has 22 heavy (non-hydrogen) atoms. The maximum Gasteiger partial charge on any atom is 0.338 e. The van der Waals surface area contributed by atoms with Crippen LogP contribution in [0.1, 0.15) is 29.1 Å². The van der Waals surface area contributed by atoms with Crippen molar-refractivity contribution in [2.45, 2.75) is 13.8 Å². The predicted molar refractivity (Wildman–Crippen MR) is 88.2 cm³/mol. The molecule has 1 aromatic heterocycles. The molecule has 0 saturated heterocycles. The Morgan fingerprint density at radius 1 is 1.23 bits per heavy atom. The molecule has 1 N–H and O–H groups in total. The third-order valence-corrected chi connectivity index (χ3v) is 4.22. The summed E-state index contributed by atoms with van der Waals surface area (Å²) in [5.41, 5.74) is 0.414. The highest BCUT2D eigenvalue weighted by Gasteiger charge is 2.27. The van der Waals surface area contributed by atoms with Gasteiger partial charge in [-0.05, 0) is 35.7 Å². The highest BCUT2D eigenvalue weighted by Crippen LogP contribution is 2.25. The molecule has 0 spiro atoms. The van der Waals surface area contributed by atoms with Crippen LogP contribution < -0.4 is 4.74 Å². The van der Waals surface area contributed by atoms with Crippen LogP contribution in [0.25, 0.3) is 0 Å². The monoisotopic (exact) mass is 317 g/mol. The van der Waals surface area contributed by atoms with Gasteiger partial charge >= 0.3 is 5.97 Å². The standard InChI is InChI=1S/C17H19NO3S/c1-17(2,15(18)14-5-4-10-22-14)11-21-16(19)12-6-8-13(20-3)9-7-12/h4-10,18H,11H2,1-3H3. The lowest BCUT2D eigenvalue weighted by atomic mass is 9.87. The Kier molecular flexibility index (Phi) is 4.98. The van der Waals surface area contributed by atoms with Crippen LogP contribution in [-0.4, -0.2) is 25.4 Å². The number of thiophene rings is 1. The zero-order chi connectivity index (χ0) is 16.2. The van der Waals surface area contributed by atoms with Crippen molar-refractivity contribution in [2.75, 3.05) is 13.7 Å². The van der Waals surface area contributed by atoms with Crippen molar-refractivity contribution < 1.29 is 14.3 Å². The number of benzene rings is 1. The van der Waals surface area contributed by atoms with Gasteiger partial charge in [0.25, 0.3) is 0 Å². The van der Waals surface area contributed by atoms with Crippen LogP contribution in [0.2, 0.25) is 0 Å². The van der Waals surface area contributed by atoms with E-state index in [1.807, 2.05) is 31.4 Å². The number of carbonyl (C=O) groups is 1. The summed E-state index contributed by atoms with van der Waals surface area (Å²) >= 11 is 1.51. The molecule has 0 aliphatic rings. The maximum absolute atomic E-state index is 12.1. The van der Waals surface area contributed by atoms with Crippen molar-refractivity contribution in [3.8, 4) is 5.75 Å². The van der Waals surface area contributed by atoms with Gasteiger partial charge in [-0.1, -0.05) is 19.9 Å². The fourth-order valence-electron chi connectivity index (χ4n) is 1.88. The fourth-order valence-corrected chi connectivity index (χ4v) is 2.74. The predicted octanol–water partition coefficient (Wildman–Crippen LogP) is 4.01. The van der Waals surface area contributed by atoms with Crippen LogP contribution in [0, 0.1) is 10.8 Å². The van der Waals surface area contributed by atoms with Gasteiger partial charge in [0.1, 0.15) is 12.4 Å². The number of rotatable bonds is 6. The minimum absolute atomic E-state index is 0.161. The molecular formula is C17H19NO3S. The molecule has 5 heteroatoms. The molecule has 0 fully saturated rings. The van der Waals surface area contributed by atoms with E-state index in [1.165, 1.54) is 11.3 Å². The van der Waals surface area contributed by atoms with E-state index in [1.54, 1.807) is 31.4 Å². The van der Waals surface area contributed by atoms with Crippen molar-refractivity contribution in [3.05, 3.63) is 52.2 Å². The Hall–Kier alpha value is -2.14. The van der Waals surface area contributed by atoms with E-state index in [0.717, 1.165) is 4.88 Å². The first-order valence-corrected chi connectivity index (χ1v) is 7.76. The van der Waals surface area contributed by atoms with Crippen LogP contribution in [-0.2, 0) is 4.74 Å². The van der Waals surface area contributed by atoms with Crippen molar-refractivity contribution in [1.29, 1.82) is 5.41 Å². The van der Waals surface area contributed by atoms with Crippen molar-refractivity contribution in [3.63, 3.8) is 0 Å². The van der Waals surface area contributed by atoms with Crippen molar-refractivity contribution in [2.24, 2.45) is 5.41 Å². The number of esters is 1. The summed E-state index contributed by atoms with van der Waals surface area (Å²) in [6, 6.07) is 10.6. The molecule has 2 rings (SSSR count). The van der Waals surface area contributed by atoms with Crippen LogP contribution >= 0.6 is 11.3 Å². The van der Waals surface area contributed by atoms with Gasteiger partial charge in [0.05, 0.1) is 18.4 Å². The van der Waals surface area contributed by atoms with E-state index >= 15 is 0 Å². The Morgan fingerprint density at radius 2 is 1.91 bits per heavy atom. The van der Waals surface area contributed by atoms with Crippen LogP contribution in [0.4, 0.5) is 0 Å². The first-order chi connectivity index (χ1) is 10.4. The molecule has 2 aromatic rings. The summed E-state index contributed by atoms with van der Waals surface area (Å²) in [6.07, 6.45) is 0. The van der Waals surface area contributed by atoms with E-state index < -0.39 is 11.4 Å². The summed E-state index contributed by atoms with van der Waals surface area (Å²) in [5, 5.41) is 10.2. The van der Waals surface area contributed by atoms with Gasteiger partial charge in [0, 0.05) is 10.3 Å². The number of hydrogen-bond donors (Lipinski definition) is 1. The van der Waals surface area contributed by atoms with E-state index in [0.29, 0.717) is 17.0 Å². The Morgan fingerprint density at radius 3 is 2.45 bits per heavy atom. The quantitative estimate of drug-likeness (QED) is 0.647. The highest BCUT2D eigenvalue weighted by atomic mass is 32.1. The van der Waals surface area contributed by atoms with Gasteiger partial charge < -0.3 is 14.9 Å². The third-order valence-electron chi connectivity index (χ3n) is 3.33. The lowest BCUT2D eigenvalue weighted by Gasteiger charge is -2.24. The molecule has 0 unspecified atom stereocenters. The van der Waals surface area contributed by atoms with Gasteiger partial charge in [-0.25, -0.2) is 4.79 Å². The molecule has 4 nitrogen and oxygen atoms in total. The second kappa shape index (κ2) is 6.75. The van der Waals surface area contributed by atoms with Crippen molar-refractivity contribution >= 4 is 23.0 Å². The fraction of sp³-hybridized carbons (Fsp3) is 0.294. The largest absolute Gasteiger partial charge is 0.497 e. The van der Waals surface area contributed by atoms with Crippen LogP contribution in [0.5, 0.6) is 5.75 Å². The minimum atomic E-state index is -0.535. The average molecular weight is 317 g/mol. The first-order valence-electron chi connectivity index (χ1n) is 6.88. The number of nitrogens with one attached hydrogen (secondary N) is 1. The molecular weight excluding hydrogens is 298 g/mol. The van der Waals surface area contributed by atoms with Crippen LogP contribution in [0.3, 0.4) is 0 Å². The summed E-state index contributed by atoms with van der Waals surface area (Å²) in [5.74, 6) is 0.297. The number of ether oxygens (including phenoxy) is 2. The number of hydrogen-bond acceptors (Lipinski definition) is 5. The molecule has 0 saturated carbocycles. The topological polar surface area (TPSA) is 59.4 Å². The minimum Gasteiger partial charge on any atom is -0.497 e. The summed E-state index contributed by atoms with van der Waals surface area (Å²) in [4.78, 5) is 13.0. The Balaban J connectivity index is 1.98. The van der Waals surface area contributed by atoms with Gasteiger partial charge in [0.15, 0.2) is 0 Å². The highest BCUT2D eigenvalue weighted by molar-refractivity contribution is 7.12. The van der Waals surface area contributed by atoms with Crippen molar-refractivity contribution in [1.82, 2.24) is 0 Å². The number of carbonyl (C=O) groups excluding carboxylic acids is 1. The lowest BCUT2D eigenvalue weighted by Crippen LogP contribution is -2.30. The third kappa shape index (κ3) is 3.74. The molecule has 0 atom stereocenters. The Bertz CT molecular complexity index is 645.